The first kappa shape index (κ1) is 16.8. The molecular formula is C19H26N4O. The summed E-state index contributed by atoms with van der Waals surface area (Å²) in [5.74, 6) is 0. The van der Waals surface area contributed by atoms with Gasteiger partial charge in [0.2, 0.25) is 0 Å². The van der Waals surface area contributed by atoms with E-state index in [0.717, 1.165) is 43.9 Å². The van der Waals surface area contributed by atoms with Crippen LogP contribution < -0.4 is 5.56 Å². The van der Waals surface area contributed by atoms with Crippen LogP contribution in [0.2, 0.25) is 0 Å². The Morgan fingerprint density at radius 2 is 1.88 bits per heavy atom. The summed E-state index contributed by atoms with van der Waals surface area (Å²) < 4.78 is 1.71. The molecule has 0 atom stereocenters. The van der Waals surface area contributed by atoms with Crippen LogP contribution in [-0.2, 0) is 12.0 Å². The summed E-state index contributed by atoms with van der Waals surface area (Å²) in [5, 5.41) is 4.65. The second-order valence-corrected chi connectivity index (χ2v) is 7.58. The molecule has 0 unspecified atom stereocenters. The zero-order valence-corrected chi connectivity index (χ0v) is 14.8. The zero-order valence-electron chi connectivity index (χ0n) is 14.8. The molecule has 2 aromatic rings. The van der Waals surface area contributed by atoms with Crippen molar-refractivity contribution >= 4 is 0 Å². The highest BCUT2D eigenvalue weighted by atomic mass is 16.1. The fraction of sp³-hybridized carbons (Fsp3) is 0.526. The number of hydrogen-bond donors (Lipinski definition) is 0. The van der Waals surface area contributed by atoms with E-state index in [2.05, 4.69) is 41.8 Å². The highest BCUT2D eigenvalue weighted by molar-refractivity contribution is 5.11. The Morgan fingerprint density at radius 3 is 2.50 bits per heavy atom. The van der Waals surface area contributed by atoms with Crippen LogP contribution >= 0.6 is 0 Å². The largest absolute Gasteiger partial charge is 0.297 e. The molecule has 0 saturated carbocycles. The molecule has 0 aromatic carbocycles. The molecule has 0 spiro atoms. The van der Waals surface area contributed by atoms with Gasteiger partial charge in [0.05, 0.1) is 17.4 Å². The van der Waals surface area contributed by atoms with Crippen molar-refractivity contribution in [2.75, 3.05) is 13.1 Å². The van der Waals surface area contributed by atoms with Crippen molar-refractivity contribution in [2.45, 2.75) is 51.6 Å². The first-order valence-electron chi connectivity index (χ1n) is 8.66. The average molecular weight is 326 g/mol. The topological polar surface area (TPSA) is 51.0 Å². The standard InChI is InChI=1S/C19H26N4O/c1-19(2,3)17-7-8-18(24)23(21-17)16-9-12-22(13-10-16)14-15-6-4-5-11-20-15/h4-8,11,16H,9-10,12-14H2,1-3H3. The van der Waals surface area contributed by atoms with Gasteiger partial charge < -0.3 is 0 Å². The lowest BCUT2D eigenvalue weighted by Crippen LogP contribution is -2.38. The van der Waals surface area contributed by atoms with E-state index < -0.39 is 0 Å². The molecule has 1 aliphatic rings. The quantitative estimate of drug-likeness (QED) is 0.870. The lowest BCUT2D eigenvalue weighted by atomic mass is 9.92. The van der Waals surface area contributed by atoms with Crippen LogP contribution in [0.4, 0.5) is 0 Å². The Bertz CT molecular complexity index is 725. The third kappa shape index (κ3) is 3.90. The van der Waals surface area contributed by atoms with Crippen molar-refractivity contribution in [3.63, 3.8) is 0 Å². The number of hydrogen-bond acceptors (Lipinski definition) is 4. The molecule has 0 bridgehead atoms. The summed E-state index contributed by atoms with van der Waals surface area (Å²) in [6, 6.07) is 9.74. The van der Waals surface area contributed by atoms with Crippen LogP contribution in [0.5, 0.6) is 0 Å². The molecule has 24 heavy (non-hydrogen) atoms. The molecule has 3 heterocycles. The van der Waals surface area contributed by atoms with E-state index >= 15 is 0 Å². The molecular weight excluding hydrogens is 300 g/mol. The summed E-state index contributed by atoms with van der Waals surface area (Å²) in [6.45, 7) is 9.18. The van der Waals surface area contributed by atoms with Gasteiger partial charge in [-0.3, -0.25) is 14.7 Å². The van der Waals surface area contributed by atoms with E-state index in [9.17, 15) is 4.79 Å². The molecule has 1 aliphatic heterocycles. The SMILES string of the molecule is CC(C)(C)c1ccc(=O)n(C2CCN(Cc3ccccn3)CC2)n1. The van der Waals surface area contributed by atoms with Gasteiger partial charge >= 0.3 is 0 Å². The van der Waals surface area contributed by atoms with E-state index in [-0.39, 0.29) is 17.0 Å². The van der Waals surface area contributed by atoms with Gasteiger partial charge in [-0.25, -0.2) is 4.68 Å². The maximum Gasteiger partial charge on any atom is 0.267 e. The first-order chi connectivity index (χ1) is 11.4. The van der Waals surface area contributed by atoms with Crippen LogP contribution in [0.25, 0.3) is 0 Å². The predicted octanol–water partition coefficient (Wildman–Crippen LogP) is 2.77. The summed E-state index contributed by atoms with van der Waals surface area (Å²) in [4.78, 5) is 19.0. The lowest BCUT2D eigenvalue weighted by molar-refractivity contribution is 0.168. The summed E-state index contributed by atoms with van der Waals surface area (Å²) in [5.41, 5.74) is 2.03. The maximum atomic E-state index is 12.2. The van der Waals surface area contributed by atoms with Gasteiger partial charge in [0, 0.05) is 37.3 Å². The predicted molar refractivity (Wildman–Crippen MR) is 95.0 cm³/mol. The smallest absolute Gasteiger partial charge is 0.267 e. The summed E-state index contributed by atoms with van der Waals surface area (Å²) in [7, 11) is 0. The van der Waals surface area contributed by atoms with Crippen LogP contribution in [0.1, 0.15) is 51.0 Å². The van der Waals surface area contributed by atoms with E-state index in [1.54, 1.807) is 10.7 Å². The van der Waals surface area contributed by atoms with Crippen LogP contribution in [0, 0.1) is 0 Å². The number of aromatic nitrogens is 3. The van der Waals surface area contributed by atoms with Crippen LogP contribution in [0.3, 0.4) is 0 Å². The van der Waals surface area contributed by atoms with Gasteiger partial charge in [-0.1, -0.05) is 26.8 Å². The molecule has 5 nitrogen and oxygen atoms in total. The summed E-state index contributed by atoms with van der Waals surface area (Å²) in [6.07, 6.45) is 3.74. The number of piperidine rings is 1. The molecule has 128 valence electrons. The van der Waals surface area contributed by atoms with Crippen molar-refractivity contribution in [3.8, 4) is 0 Å². The second kappa shape index (κ2) is 6.85. The van der Waals surface area contributed by atoms with Crippen molar-refractivity contribution < 1.29 is 0 Å². The molecule has 3 rings (SSSR count). The fourth-order valence-corrected chi connectivity index (χ4v) is 3.13. The van der Waals surface area contributed by atoms with Gasteiger partial charge in [0.1, 0.15) is 0 Å². The minimum absolute atomic E-state index is 0.00572. The van der Waals surface area contributed by atoms with Gasteiger partial charge in [0.25, 0.3) is 5.56 Å². The number of likely N-dealkylation sites (tertiary alicyclic amines) is 1. The molecule has 0 aliphatic carbocycles. The molecule has 0 radical (unpaired) electrons. The Morgan fingerprint density at radius 1 is 1.12 bits per heavy atom. The average Bonchev–Trinajstić information content (AvgIpc) is 2.56. The van der Waals surface area contributed by atoms with E-state index in [1.165, 1.54) is 0 Å². The monoisotopic (exact) mass is 326 g/mol. The third-order valence-electron chi connectivity index (χ3n) is 4.61. The van der Waals surface area contributed by atoms with Crippen molar-refractivity contribution in [3.05, 3.63) is 58.3 Å². The van der Waals surface area contributed by atoms with Gasteiger partial charge in [-0.05, 0) is 31.0 Å². The Labute approximate surface area is 143 Å². The van der Waals surface area contributed by atoms with E-state index in [4.69, 9.17) is 0 Å². The van der Waals surface area contributed by atoms with Gasteiger partial charge in [0.15, 0.2) is 0 Å². The number of nitrogens with zero attached hydrogens (tertiary/aromatic N) is 4. The molecule has 2 aromatic heterocycles. The molecule has 5 heteroatoms. The number of pyridine rings is 1. The lowest BCUT2D eigenvalue weighted by Gasteiger charge is -2.32. The zero-order chi connectivity index (χ0) is 17.2. The minimum atomic E-state index is -0.0465. The highest BCUT2D eigenvalue weighted by Gasteiger charge is 2.24. The van der Waals surface area contributed by atoms with E-state index in [1.807, 2.05) is 24.4 Å². The Hall–Kier alpha value is -2.01. The highest BCUT2D eigenvalue weighted by Crippen LogP contribution is 2.23. The van der Waals surface area contributed by atoms with Crippen LogP contribution in [-0.4, -0.2) is 32.8 Å². The molecule has 1 fully saturated rings. The summed E-state index contributed by atoms with van der Waals surface area (Å²) >= 11 is 0. The molecule has 0 N–H and O–H groups in total. The Balaban J connectivity index is 1.67. The second-order valence-electron chi connectivity index (χ2n) is 7.58. The number of rotatable bonds is 3. The van der Waals surface area contributed by atoms with Gasteiger partial charge in [-0.2, -0.15) is 5.10 Å². The van der Waals surface area contributed by atoms with Crippen molar-refractivity contribution in [1.82, 2.24) is 19.7 Å². The van der Waals surface area contributed by atoms with Crippen molar-refractivity contribution in [1.29, 1.82) is 0 Å². The van der Waals surface area contributed by atoms with Gasteiger partial charge in [-0.15, -0.1) is 0 Å². The van der Waals surface area contributed by atoms with Crippen LogP contribution in [0.15, 0.2) is 41.3 Å². The normalized spacial score (nSPS) is 17.1. The fourth-order valence-electron chi connectivity index (χ4n) is 3.13. The molecule has 1 saturated heterocycles. The maximum absolute atomic E-state index is 12.2. The Kier molecular flexibility index (Phi) is 4.81. The first-order valence-corrected chi connectivity index (χ1v) is 8.66. The van der Waals surface area contributed by atoms with E-state index in [0.29, 0.717) is 0 Å². The third-order valence-corrected chi connectivity index (χ3v) is 4.61. The van der Waals surface area contributed by atoms with Crippen molar-refractivity contribution in [2.24, 2.45) is 0 Å². The minimum Gasteiger partial charge on any atom is -0.297 e. The molecule has 0 amide bonds.